The third-order valence-electron chi connectivity index (χ3n) is 5.80. The molecular weight excluding hydrogens is 474 g/mol. The first-order chi connectivity index (χ1) is 13.1. The van der Waals surface area contributed by atoms with Crippen LogP contribution in [0.2, 0.25) is 0 Å². The van der Waals surface area contributed by atoms with Gasteiger partial charge in [-0.3, -0.25) is 0 Å². The normalized spacial score (nSPS) is 20.6. The first-order valence-electron chi connectivity index (χ1n) is 9.80. The van der Waals surface area contributed by atoms with E-state index in [4.69, 9.17) is 0 Å². The zero-order chi connectivity index (χ0) is 19.0. The van der Waals surface area contributed by atoms with E-state index in [2.05, 4.69) is 101 Å². The SMILES string of the molecule is CC1=[C]([Zr+2][C]2=C(C)C(c3ccccc3)=CC2C)C(C)C=C1c1ccccc1.[Cl-].[Cl-]. The predicted octanol–water partition coefficient (Wildman–Crippen LogP) is 1.09. The van der Waals surface area contributed by atoms with Crippen molar-refractivity contribution in [2.75, 3.05) is 0 Å². The van der Waals surface area contributed by atoms with Gasteiger partial charge in [-0.2, -0.15) is 0 Å². The molecule has 2 aromatic carbocycles. The quantitative estimate of drug-likeness (QED) is 0.590. The van der Waals surface area contributed by atoms with Crippen molar-refractivity contribution >= 4 is 11.1 Å². The molecular formula is C26H26Cl2Zr. The summed E-state index contributed by atoms with van der Waals surface area (Å²) in [6.45, 7) is 9.46. The molecule has 2 atom stereocenters. The number of hydrogen-bond acceptors (Lipinski definition) is 0. The Hall–Kier alpha value is -1.14. The van der Waals surface area contributed by atoms with Crippen LogP contribution in [0.15, 0.2) is 90.5 Å². The van der Waals surface area contributed by atoms with Crippen molar-refractivity contribution in [2.24, 2.45) is 11.8 Å². The molecule has 0 aromatic heterocycles. The summed E-state index contributed by atoms with van der Waals surface area (Å²) in [6.07, 6.45) is 4.98. The molecule has 2 aromatic rings. The molecule has 0 nitrogen and oxygen atoms in total. The van der Waals surface area contributed by atoms with Gasteiger partial charge in [0.15, 0.2) is 0 Å². The molecule has 0 saturated carbocycles. The van der Waals surface area contributed by atoms with E-state index in [-0.39, 0.29) is 24.8 Å². The Morgan fingerprint density at radius 3 is 1.28 bits per heavy atom. The van der Waals surface area contributed by atoms with E-state index >= 15 is 0 Å². The molecule has 0 N–H and O–H groups in total. The van der Waals surface area contributed by atoms with Crippen molar-refractivity contribution in [3.8, 4) is 0 Å². The molecule has 0 amide bonds. The molecule has 29 heavy (non-hydrogen) atoms. The fourth-order valence-electron chi connectivity index (χ4n) is 4.31. The van der Waals surface area contributed by atoms with E-state index in [0.717, 1.165) is 0 Å². The fourth-order valence-corrected chi connectivity index (χ4v) is 8.14. The number of halogens is 2. The summed E-state index contributed by atoms with van der Waals surface area (Å²) in [5, 5.41) is 0. The maximum absolute atomic E-state index is 2.49. The van der Waals surface area contributed by atoms with Crippen LogP contribution in [0.3, 0.4) is 0 Å². The van der Waals surface area contributed by atoms with Crippen LogP contribution in [-0.2, 0) is 23.2 Å². The van der Waals surface area contributed by atoms with E-state index in [9.17, 15) is 0 Å². The van der Waals surface area contributed by atoms with Crippen molar-refractivity contribution in [1.29, 1.82) is 0 Å². The van der Waals surface area contributed by atoms with Crippen molar-refractivity contribution in [1.82, 2.24) is 0 Å². The molecule has 2 aliphatic carbocycles. The predicted molar refractivity (Wildman–Crippen MR) is 113 cm³/mol. The third-order valence-corrected chi connectivity index (χ3v) is 11.2. The van der Waals surface area contributed by atoms with E-state index < -0.39 is 23.2 Å². The molecule has 2 unspecified atom stereocenters. The van der Waals surface area contributed by atoms with Gasteiger partial charge < -0.3 is 24.8 Å². The molecule has 0 spiro atoms. The van der Waals surface area contributed by atoms with Crippen LogP contribution in [0.4, 0.5) is 0 Å². The molecule has 4 rings (SSSR count). The molecule has 0 radical (unpaired) electrons. The molecule has 148 valence electrons. The summed E-state index contributed by atoms with van der Waals surface area (Å²) < 4.78 is 3.50. The van der Waals surface area contributed by atoms with E-state index in [1.807, 2.05) is 0 Å². The molecule has 0 aliphatic heterocycles. The molecule has 2 aliphatic rings. The summed E-state index contributed by atoms with van der Waals surface area (Å²) in [5.74, 6) is 1.17. The van der Waals surface area contributed by atoms with Gasteiger partial charge in [-0.05, 0) is 0 Å². The summed E-state index contributed by atoms with van der Waals surface area (Å²) >= 11 is -0.786. The standard InChI is InChI=1S/2C13H13.2ClH.Zr/c2*1-10-8-11(2)13(9-10)12-6-4-3-5-7-12;;;/h2*3-7,9-10H,1-2H3;2*1H;/q;;;;+2/p-2. The van der Waals surface area contributed by atoms with Crippen LogP contribution in [0, 0.1) is 11.8 Å². The Labute approximate surface area is 199 Å². The van der Waals surface area contributed by atoms with Crippen molar-refractivity contribution in [2.45, 2.75) is 27.7 Å². The molecule has 0 heterocycles. The fraction of sp³-hybridized carbons (Fsp3) is 0.231. The summed E-state index contributed by atoms with van der Waals surface area (Å²) in [6, 6.07) is 21.8. The Morgan fingerprint density at radius 2 is 0.931 bits per heavy atom. The van der Waals surface area contributed by atoms with Crippen LogP contribution in [-0.4, -0.2) is 0 Å². The smallest absolute Gasteiger partial charge is 1.00 e. The summed E-state index contributed by atoms with van der Waals surface area (Å²) in [5.41, 5.74) is 8.73. The van der Waals surface area contributed by atoms with Crippen LogP contribution >= 0.6 is 0 Å². The first kappa shape index (κ1) is 24.1. The maximum Gasteiger partial charge on any atom is -1.00 e. The third kappa shape index (κ3) is 4.79. The minimum Gasteiger partial charge on any atom is -1.00 e. The molecule has 0 bridgehead atoms. The minimum atomic E-state index is -0.786. The molecule has 3 heteroatoms. The topological polar surface area (TPSA) is 0 Å². The second-order valence-electron chi connectivity index (χ2n) is 7.67. The van der Waals surface area contributed by atoms with Gasteiger partial charge in [0.25, 0.3) is 0 Å². The van der Waals surface area contributed by atoms with Crippen LogP contribution in [0.1, 0.15) is 38.8 Å². The van der Waals surface area contributed by atoms with Crippen molar-refractivity contribution in [3.05, 3.63) is 102 Å². The van der Waals surface area contributed by atoms with Gasteiger partial charge in [0, 0.05) is 0 Å². The van der Waals surface area contributed by atoms with Crippen LogP contribution in [0.25, 0.3) is 11.1 Å². The van der Waals surface area contributed by atoms with Gasteiger partial charge in [-0.1, -0.05) is 0 Å². The number of hydrogen-bond donors (Lipinski definition) is 0. The number of benzene rings is 2. The Morgan fingerprint density at radius 1 is 0.586 bits per heavy atom. The van der Waals surface area contributed by atoms with Crippen molar-refractivity contribution < 1.29 is 48.0 Å². The van der Waals surface area contributed by atoms with E-state index in [1.54, 1.807) is 17.7 Å². The Kier molecular flexibility index (Phi) is 8.53. The van der Waals surface area contributed by atoms with E-state index in [0.29, 0.717) is 11.8 Å². The van der Waals surface area contributed by atoms with Crippen LogP contribution in [0.5, 0.6) is 0 Å². The van der Waals surface area contributed by atoms with Crippen molar-refractivity contribution in [3.63, 3.8) is 0 Å². The zero-order valence-corrected chi connectivity index (χ0v) is 21.3. The van der Waals surface area contributed by atoms with Gasteiger partial charge >= 0.3 is 176 Å². The van der Waals surface area contributed by atoms with Gasteiger partial charge in [0.2, 0.25) is 0 Å². The number of rotatable bonds is 4. The number of allylic oxidation sites excluding steroid dienone is 8. The monoisotopic (exact) mass is 498 g/mol. The largest absolute Gasteiger partial charge is 1.00 e. The minimum absolute atomic E-state index is 0. The average Bonchev–Trinajstić information content (AvgIpc) is 3.14. The molecule has 0 fully saturated rings. The van der Waals surface area contributed by atoms with Gasteiger partial charge in [-0.25, -0.2) is 0 Å². The zero-order valence-electron chi connectivity index (χ0n) is 17.3. The second kappa shape index (κ2) is 10.3. The first-order valence-corrected chi connectivity index (χ1v) is 12.3. The van der Waals surface area contributed by atoms with Gasteiger partial charge in [0.1, 0.15) is 0 Å². The average molecular weight is 501 g/mol. The maximum atomic E-state index is 2.49. The second-order valence-corrected chi connectivity index (χ2v) is 10.9. The van der Waals surface area contributed by atoms with Gasteiger partial charge in [0.05, 0.1) is 0 Å². The van der Waals surface area contributed by atoms with Gasteiger partial charge in [-0.15, -0.1) is 0 Å². The summed E-state index contributed by atoms with van der Waals surface area (Å²) in [7, 11) is 0. The van der Waals surface area contributed by atoms with E-state index in [1.165, 1.54) is 22.3 Å². The molecule has 0 saturated heterocycles. The Bertz CT molecular complexity index is 900. The van der Waals surface area contributed by atoms with Crippen LogP contribution < -0.4 is 24.8 Å². The summed E-state index contributed by atoms with van der Waals surface area (Å²) in [4.78, 5) is 0. The Balaban J connectivity index is 0.00000150.